The predicted octanol–water partition coefficient (Wildman–Crippen LogP) is 4.32. The van der Waals surface area contributed by atoms with Crippen molar-refractivity contribution in [2.75, 3.05) is 0 Å². The van der Waals surface area contributed by atoms with Crippen molar-refractivity contribution in [3.63, 3.8) is 0 Å². The number of hydrogen-bond donors (Lipinski definition) is 0. The van der Waals surface area contributed by atoms with E-state index in [1.807, 2.05) is 31.2 Å². The second-order valence-corrected chi connectivity index (χ2v) is 5.32. The second-order valence-electron chi connectivity index (χ2n) is 5.32. The Morgan fingerprint density at radius 1 is 1.25 bits per heavy atom. The Morgan fingerprint density at radius 3 is 2.38 bits per heavy atom. The summed E-state index contributed by atoms with van der Waals surface area (Å²) in [7, 11) is 0. The number of carbonyl (C=O) groups excluding carboxylic acids is 1. The summed E-state index contributed by atoms with van der Waals surface area (Å²) in [6, 6.07) is 0. The topological polar surface area (TPSA) is 17.1 Å². The van der Waals surface area contributed by atoms with E-state index >= 15 is 0 Å². The monoisotopic (exact) mass is 220 g/mol. The zero-order chi connectivity index (χ0) is 12.6. The predicted molar refractivity (Wildman–Crippen MR) is 71.3 cm³/mol. The van der Waals surface area contributed by atoms with Crippen LogP contribution in [0.2, 0.25) is 0 Å². The minimum atomic E-state index is 0.0109. The van der Waals surface area contributed by atoms with E-state index < -0.39 is 0 Å². The molecule has 0 N–H and O–H groups in total. The van der Waals surface area contributed by atoms with Crippen LogP contribution >= 0.6 is 0 Å². The van der Waals surface area contributed by atoms with Gasteiger partial charge in [-0.3, -0.25) is 4.79 Å². The molecule has 0 rings (SSSR count). The van der Waals surface area contributed by atoms with Crippen molar-refractivity contribution in [2.45, 2.75) is 40.5 Å². The quantitative estimate of drug-likeness (QED) is 0.609. The van der Waals surface area contributed by atoms with Gasteiger partial charge in [0.05, 0.1) is 0 Å². The Morgan fingerprint density at radius 2 is 1.88 bits per heavy atom. The number of allylic oxidation sites excluding steroid dienone is 5. The molecule has 0 saturated heterocycles. The standard InChI is InChI=1S/C15H24O/c1-6-7-8-9-10-13(2)14(16)11-12-15(3,4)5/h6-10,13H,1,11-12H2,2-5H3. The van der Waals surface area contributed by atoms with Crippen LogP contribution < -0.4 is 0 Å². The Kier molecular flexibility index (Phi) is 6.71. The minimum Gasteiger partial charge on any atom is -0.299 e. The van der Waals surface area contributed by atoms with Gasteiger partial charge in [0.1, 0.15) is 5.78 Å². The third-order valence-corrected chi connectivity index (χ3v) is 2.39. The average Bonchev–Trinajstić information content (AvgIpc) is 2.19. The fourth-order valence-corrected chi connectivity index (χ4v) is 1.21. The van der Waals surface area contributed by atoms with Crippen LogP contribution in [0.5, 0.6) is 0 Å². The van der Waals surface area contributed by atoms with Crippen molar-refractivity contribution in [3.05, 3.63) is 37.0 Å². The lowest BCUT2D eigenvalue weighted by atomic mass is 9.87. The molecule has 0 saturated carbocycles. The molecular weight excluding hydrogens is 196 g/mol. The number of rotatable bonds is 6. The van der Waals surface area contributed by atoms with Gasteiger partial charge in [0.15, 0.2) is 0 Å². The summed E-state index contributed by atoms with van der Waals surface area (Å²) in [4.78, 5) is 11.8. The summed E-state index contributed by atoms with van der Waals surface area (Å²) in [5, 5.41) is 0. The summed E-state index contributed by atoms with van der Waals surface area (Å²) < 4.78 is 0. The van der Waals surface area contributed by atoms with Gasteiger partial charge in [0, 0.05) is 12.3 Å². The van der Waals surface area contributed by atoms with Gasteiger partial charge in [-0.2, -0.15) is 0 Å². The first-order valence-electron chi connectivity index (χ1n) is 5.85. The summed E-state index contributed by atoms with van der Waals surface area (Å²) in [6.07, 6.45) is 10.9. The van der Waals surface area contributed by atoms with E-state index in [4.69, 9.17) is 0 Å². The molecule has 1 nitrogen and oxygen atoms in total. The maximum absolute atomic E-state index is 11.8. The fourth-order valence-electron chi connectivity index (χ4n) is 1.21. The molecule has 0 bridgehead atoms. The molecule has 1 atom stereocenters. The highest BCUT2D eigenvalue weighted by molar-refractivity contribution is 5.82. The maximum Gasteiger partial charge on any atom is 0.139 e. The van der Waals surface area contributed by atoms with Gasteiger partial charge in [-0.25, -0.2) is 0 Å². The number of Topliss-reactive ketones (excluding diaryl/α,β-unsaturated/α-hetero) is 1. The van der Waals surface area contributed by atoms with Crippen molar-refractivity contribution in [3.8, 4) is 0 Å². The van der Waals surface area contributed by atoms with Crippen LogP contribution in [0, 0.1) is 11.3 Å². The van der Waals surface area contributed by atoms with Crippen LogP contribution in [0.1, 0.15) is 40.5 Å². The molecule has 16 heavy (non-hydrogen) atoms. The fraction of sp³-hybridized carbons (Fsp3) is 0.533. The van der Waals surface area contributed by atoms with E-state index in [1.165, 1.54) is 0 Å². The lowest BCUT2D eigenvalue weighted by Gasteiger charge is -2.17. The summed E-state index contributed by atoms with van der Waals surface area (Å²) >= 11 is 0. The molecule has 0 aliphatic carbocycles. The number of hydrogen-bond acceptors (Lipinski definition) is 1. The van der Waals surface area contributed by atoms with E-state index in [9.17, 15) is 4.79 Å². The van der Waals surface area contributed by atoms with Crippen molar-refractivity contribution < 1.29 is 4.79 Å². The molecule has 0 aliphatic rings. The minimum absolute atomic E-state index is 0.0109. The molecule has 0 amide bonds. The summed E-state index contributed by atoms with van der Waals surface area (Å²) in [6.45, 7) is 12.0. The Hall–Kier alpha value is -1.11. The van der Waals surface area contributed by atoms with Gasteiger partial charge in [-0.1, -0.05) is 64.7 Å². The Labute approximate surface area is 99.9 Å². The molecule has 0 aromatic carbocycles. The molecule has 90 valence electrons. The van der Waals surface area contributed by atoms with E-state index in [0.29, 0.717) is 12.2 Å². The highest BCUT2D eigenvalue weighted by atomic mass is 16.1. The zero-order valence-electron chi connectivity index (χ0n) is 11.0. The van der Waals surface area contributed by atoms with Crippen LogP contribution in [-0.4, -0.2) is 5.78 Å². The van der Waals surface area contributed by atoms with Gasteiger partial charge < -0.3 is 0 Å². The van der Waals surface area contributed by atoms with E-state index in [0.717, 1.165) is 6.42 Å². The molecule has 0 aromatic heterocycles. The molecule has 0 spiro atoms. The normalized spacial score (nSPS) is 14.5. The largest absolute Gasteiger partial charge is 0.299 e. The molecule has 0 heterocycles. The first-order valence-corrected chi connectivity index (χ1v) is 5.85. The van der Waals surface area contributed by atoms with E-state index in [2.05, 4.69) is 27.4 Å². The smallest absolute Gasteiger partial charge is 0.139 e. The van der Waals surface area contributed by atoms with Gasteiger partial charge >= 0.3 is 0 Å². The molecule has 1 unspecified atom stereocenters. The lowest BCUT2D eigenvalue weighted by Crippen LogP contribution is -2.13. The molecule has 0 aliphatic heterocycles. The van der Waals surface area contributed by atoms with Gasteiger partial charge in [-0.05, 0) is 11.8 Å². The second kappa shape index (κ2) is 7.21. The molecular formula is C15H24O. The van der Waals surface area contributed by atoms with Crippen LogP contribution in [-0.2, 0) is 4.79 Å². The first kappa shape index (κ1) is 14.9. The summed E-state index contributed by atoms with van der Waals surface area (Å²) in [5.41, 5.74) is 0.238. The third-order valence-electron chi connectivity index (χ3n) is 2.39. The molecule has 0 radical (unpaired) electrons. The number of ketones is 1. The number of carbonyl (C=O) groups is 1. The Bertz CT molecular complexity index is 276. The van der Waals surface area contributed by atoms with Crippen LogP contribution in [0.4, 0.5) is 0 Å². The van der Waals surface area contributed by atoms with E-state index in [1.54, 1.807) is 6.08 Å². The van der Waals surface area contributed by atoms with Crippen molar-refractivity contribution in [1.82, 2.24) is 0 Å². The van der Waals surface area contributed by atoms with Crippen LogP contribution in [0.3, 0.4) is 0 Å². The van der Waals surface area contributed by atoms with Crippen LogP contribution in [0.15, 0.2) is 37.0 Å². The van der Waals surface area contributed by atoms with Gasteiger partial charge in [0.25, 0.3) is 0 Å². The highest BCUT2D eigenvalue weighted by Gasteiger charge is 2.15. The van der Waals surface area contributed by atoms with Crippen molar-refractivity contribution in [1.29, 1.82) is 0 Å². The molecule has 1 heteroatoms. The van der Waals surface area contributed by atoms with Crippen LogP contribution in [0.25, 0.3) is 0 Å². The summed E-state index contributed by atoms with van der Waals surface area (Å²) in [5.74, 6) is 0.329. The third kappa shape index (κ3) is 8.22. The van der Waals surface area contributed by atoms with E-state index in [-0.39, 0.29) is 11.3 Å². The van der Waals surface area contributed by atoms with Gasteiger partial charge in [-0.15, -0.1) is 0 Å². The average molecular weight is 220 g/mol. The maximum atomic E-state index is 11.8. The molecule has 0 aromatic rings. The lowest BCUT2D eigenvalue weighted by molar-refractivity contribution is -0.121. The zero-order valence-corrected chi connectivity index (χ0v) is 11.0. The van der Waals surface area contributed by atoms with Crippen molar-refractivity contribution in [2.24, 2.45) is 11.3 Å². The first-order chi connectivity index (χ1) is 7.37. The SMILES string of the molecule is C=CC=CC=CC(C)C(=O)CCC(C)(C)C. The molecule has 0 fully saturated rings. The van der Waals surface area contributed by atoms with Crippen molar-refractivity contribution >= 4 is 5.78 Å². The van der Waals surface area contributed by atoms with Gasteiger partial charge in [0.2, 0.25) is 0 Å². The Balaban J connectivity index is 4.04. The highest BCUT2D eigenvalue weighted by Crippen LogP contribution is 2.21.